The molecule has 2 aliphatic rings. The summed E-state index contributed by atoms with van der Waals surface area (Å²) in [6, 6.07) is 33.6. The van der Waals surface area contributed by atoms with Crippen molar-refractivity contribution < 1.29 is 45.8 Å². The van der Waals surface area contributed by atoms with Gasteiger partial charge in [-0.2, -0.15) is 0 Å². The number of rotatable bonds is 6. The van der Waals surface area contributed by atoms with Gasteiger partial charge in [-0.25, -0.2) is 4.79 Å². The second kappa shape index (κ2) is 21.5. The number of aromatic amines is 2. The minimum Gasteiger partial charge on any atom is -0.478 e. The van der Waals surface area contributed by atoms with Crippen molar-refractivity contribution in [3.8, 4) is 0 Å². The molecule has 2 fully saturated rings. The second-order valence-electron chi connectivity index (χ2n) is 14.7. The minimum atomic E-state index is -1.01. The molecule has 297 valence electrons. The Kier molecular flexibility index (Phi) is 16.2. The van der Waals surface area contributed by atoms with Gasteiger partial charge >= 0.3 is 5.97 Å². The smallest absolute Gasteiger partial charge is 0.337 e. The molecule has 4 heterocycles. The monoisotopic (exact) mass is 1040 g/mol. The SMILES string of the molecule is C[C@@H]1CN(Cc2ccccc2)[C@@H](C)CN1.C[C@@H]1CN(Cc2ccccc2)[C@@H](C)CN1C(=O)c1cc2cc[nH]c2cc1Cl.O=C(O)c1cc2cc[nH]c2cc1Cl.[3H][B][3H].[U]. The molecule has 4 aromatic carbocycles. The van der Waals surface area contributed by atoms with E-state index in [4.69, 9.17) is 31.0 Å². The fourth-order valence-electron chi connectivity index (χ4n) is 7.29. The Morgan fingerprint density at radius 2 is 1.21 bits per heavy atom. The van der Waals surface area contributed by atoms with Crippen LogP contribution in [0.15, 0.2) is 109 Å². The van der Waals surface area contributed by atoms with E-state index in [1.807, 2.05) is 35.4 Å². The van der Waals surface area contributed by atoms with Crippen LogP contribution in [-0.4, -0.2) is 103 Å². The van der Waals surface area contributed by atoms with Gasteiger partial charge in [0.05, 0.1) is 29.5 Å². The average Bonchev–Trinajstić information content (AvgIpc) is 3.87. The van der Waals surface area contributed by atoms with Crippen molar-refractivity contribution >= 4 is 65.2 Å². The summed E-state index contributed by atoms with van der Waals surface area (Å²) in [7, 11) is 0.500. The number of aromatic carboxylic acids is 1. The fourth-order valence-corrected chi connectivity index (χ4v) is 7.77. The Bertz CT molecular complexity index is 2230. The molecule has 9 nitrogen and oxygen atoms in total. The zero-order valence-corrected chi connectivity index (χ0v) is 38.6. The summed E-state index contributed by atoms with van der Waals surface area (Å²) in [5.41, 5.74) is 5.23. The van der Waals surface area contributed by atoms with Crippen LogP contribution >= 0.6 is 23.2 Å². The van der Waals surface area contributed by atoms with Crippen molar-refractivity contribution in [2.24, 2.45) is 0 Å². The normalized spacial score (nSPS) is 19.9. The third-order valence-corrected chi connectivity index (χ3v) is 11.1. The average molecular weight is 1040 g/mol. The number of aromatic nitrogens is 2. The maximum absolute atomic E-state index is 13.2. The summed E-state index contributed by atoms with van der Waals surface area (Å²) in [5.74, 6) is -0.991. The Morgan fingerprint density at radius 3 is 1.74 bits per heavy atom. The van der Waals surface area contributed by atoms with E-state index in [0.717, 1.165) is 54.5 Å². The maximum Gasteiger partial charge on any atom is 0.337 e. The van der Waals surface area contributed by atoms with Crippen molar-refractivity contribution in [3.05, 3.63) is 142 Å². The molecular weight excluding hydrogens is 980 g/mol. The van der Waals surface area contributed by atoms with Crippen LogP contribution in [0.25, 0.3) is 21.8 Å². The van der Waals surface area contributed by atoms with Gasteiger partial charge in [0.25, 0.3) is 5.91 Å². The number of H-pyrrole nitrogens is 2. The summed E-state index contributed by atoms with van der Waals surface area (Å²) < 4.78 is 11.5. The zero-order valence-electron chi connectivity index (χ0n) is 34.9. The fraction of sp³-hybridized carbons (Fsp3) is 0.318. The molecule has 1 radical (unpaired) electrons. The van der Waals surface area contributed by atoms with E-state index in [1.54, 1.807) is 24.4 Å². The summed E-state index contributed by atoms with van der Waals surface area (Å²) in [4.78, 5) is 37.0. The van der Waals surface area contributed by atoms with Crippen molar-refractivity contribution in [2.45, 2.75) is 65.0 Å². The maximum atomic E-state index is 13.2. The Balaban J connectivity index is 0.000000204. The standard InChI is InChI=1S/C22H24ClN3O.C13H20N2.C9H6ClNO2.BH2.U/c1-15-13-26(16(2)12-25(15)14-17-6-4-3-5-7-17)22(27)19-10-18-8-9-24-21(18)11-20(19)23;1-11-9-15(12(2)8-14-11)10-13-6-4-3-5-7-13;10-7-4-8-5(1-2-11-8)3-6(7)9(12)13;;/h3-11,15-16,24H,12-14H2,1-2H3;3-7,11-12,14H,8-10H2,1-2H3;1-4,11H,(H,12,13);1H2;/t15-,16+;11-,12+;;;/m01.../s1/i;;;1T2;. The van der Waals surface area contributed by atoms with Crippen LogP contribution in [-0.2, 0) is 13.1 Å². The quantitative estimate of drug-likeness (QED) is 0.126. The minimum absolute atomic E-state index is 0. The largest absolute Gasteiger partial charge is 0.478 e. The Hall–Kier alpha value is -3.52. The number of carbonyl (C=O) groups is 2. The number of halogens is 2. The van der Waals surface area contributed by atoms with Crippen molar-refractivity contribution in [3.63, 3.8) is 0 Å². The number of nitrogens with zero attached hydrogens (tertiary/aromatic N) is 3. The van der Waals surface area contributed by atoms with Gasteiger partial charge in [0.15, 0.2) is 0 Å². The molecule has 2 aliphatic heterocycles. The predicted octanol–water partition coefficient (Wildman–Crippen LogP) is 8.03. The van der Waals surface area contributed by atoms with Crippen molar-refractivity contribution in [2.75, 3.05) is 26.2 Å². The van der Waals surface area contributed by atoms with E-state index in [9.17, 15) is 9.59 Å². The molecule has 8 rings (SSSR count). The number of benzene rings is 4. The van der Waals surface area contributed by atoms with Gasteiger partial charge in [0.2, 0.25) is 0 Å². The first-order valence-electron chi connectivity index (χ1n) is 20.0. The first-order chi connectivity index (χ1) is 27.9. The number of hydrogen-bond donors (Lipinski definition) is 4. The first-order valence-corrected chi connectivity index (χ1v) is 19.6. The number of nitrogens with one attached hydrogen (secondary N) is 3. The van der Waals surface area contributed by atoms with Gasteiger partial charge in [0, 0.05) is 129 Å². The number of carboxylic acids is 1. The number of piperazine rings is 2. The molecule has 1 amide bonds. The van der Waals surface area contributed by atoms with Crippen molar-refractivity contribution in [1.82, 2.24) is 30.0 Å². The van der Waals surface area contributed by atoms with Crippen LogP contribution in [0, 0.1) is 31.1 Å². The van der Waals surface area contributed by atoms with Crippen LogP contribution in [0.1, 0.15) is 59.5 Å². The number of fused-ring (bicyclic) bond motifs is 2. The van der Waals surface area contributed by atoms with Crippen LogP contribution in [0.4, 0.5) is 0 Å². The predicted molar refractivity (Wildman–Crippen MR) is 233 cm³/mol. The molecule has 2 aromatic heterocycles. The molecule has 2 saturated heterocycles. The topological polar surface area (TPSA) is 108 Å². The molecule has 4 N–H and O–H groups in total. The zero-order chi connectivity index (χ0) is 41.8. The second-order valence-corrected chi connectivity index (χ2v) is 15.6. The molecule has 0 saturated carbocycles. The van der Waals surface area contributed by atoms with E-state index < -0.39 is 5.97 Å². The number of amides is 1. The van der Waals surface area contributed by atoms with E-state index in [1.165, 1.54) is 11.1 Å². The van der Waals surface area contributed by atoms with Gasteiger partial charge < -0.3 is 25.3 Å². The van der Waals surface area contributed by atoms with E-state index in [2.05, 4.69) is 107 Å². The molecule has 13 heteroatoms. The molecule has 4 atom stereocenters. The molecule has 0 aliphatic carbocycles. The Labute approximate surface area is 374 Å². The molecule has 0 unspecified atom stereocenters. The van der Waals surface area contributed by atoms with Crippen LogP contribution in [0.2, 0.25) is 10.0 Å². The third kappa shape index (κ3) is 12.0. The van der Waals surface area contributed by atoms with E-state index in [0.29, 0.717) is 43.6 Å². The van der Waals surface area contributed by atoms with Crippen molar-refractivity contribution in [1.29, 1.82) is 2.67 Å². The summed E-state index contributed by atoms with van der Waals surface area (Å²) in [6.07, 6.45) is 3.61. The van der Waals surface area contributed by atoms with E-state index in [-0.39, 0.29) is 53.6 Å². The van der Waals surface area contributed by atoms with Gasteiger partial charge in [-0.05, 0) is 77.9 Å². The molecule has 6 aromatic rings. The van der Waals surface area contributed by atoms with Gasteiger partial charge in [-0.3, -0.25) is 14.6 Å². The Morgan fingerprint density at radius 1 is 0.719 bits per heavy atom. The van der Waals surface area contributed by atoms with Crippen LogP contribution in [0.5, 0.6) is 0 Å². The van der Waals surface area contributed by atoms with Gasteiger partial charge in [-0.15, -0.1) is 0 Å². The summed E-state index contributed by atoms with van der Waals surface area (Å²) >= 11 is 12.2. The summed E-state index contributed by atoms with van der Waals surface area (Å²) in [5, 5.41) is 14.9. The third-order valence-electron chi connectivity index (χ3n) is 10.5. The summed E-state index contributed by atoms with van der Waals surface area (Å²) in [6.45, 7) is 14.6. The number of carbonyl (C=O) groups excluding carboxylic acids is 1. The molecule has 57 heavy (non-hydrogen) atoms. The molecule has 0 bridgehead atoms. The van der Waals surface area contributed by atoms with Crippen LogP contribution in [0.3, 0.4) is 0 Å². The molecular formula is C44H52BCl2N6O3U. The number of carboxylic acid groups (broad SMARTS) is 1. The van der Waals surface area contributed by atoms with Gasteiger partial charge in [0.1, 0.15) is 0 Å². The first kappa shape index (κ1) is 43.1. The van der Waals surface area contributed by atoms with Crippen LogP contribution < -0.4 is 5.32 Å². The number of hydrogen-bond acceptors (Lipinski definition) is 5. The molecule has 0 spiro atoms. The van der Waals surface area contributed by atoms with E-state index >= 15 is 0 Å². The van der Waals surface area contributed by atoms with Gasteiger partial charge in [-0.1, -0.05) is 83.9 Å².